The lowest BCUT2D eigenvalue weighted by Crippen LogP contribution is -2.42. The number of benzene rings is 1. The molecule has 1 aromatic carbocycles. The van der Waals surface area contributed by atoms with Gasteiger partial charge in [-0.3, -0.25) is 0 Å². The van der Waals surface area contributed by atoms with Crippen molar-refractivity contribution >= 4 is 29.9 Å². The molecule has 0 aliphatic rings. The summed E-state index contributed by atoms with van der Waals surface area (Å²) in [7, 11) is 1.66. The number of hydrogen-bond acceptors (Lipinski definition) is 4. The zero-order valence-electron chi connectivity index (χ0n) is 19.1. The zero-order chi connectivity index (χ0) is 20.8. The summed E-state index contributed by atoms with van der Waals surface area (Å²) in [6, 6.07) is 6.35. The summed E-state index contributed by atoms with van der Waals surface area (Å²) in [4.78, 5) is 7.20. The van der Waals surface area contributed by atoms with Gasteiger partial charge in [0.1, 0.15) is 0 Å². The van der Waals surface area contributed by atoms with Crippen molar-refractivity contribution in [2.75, 3.05) is 39.9 Å². The highest BCUT2D eigenvalue weighted by atomic mass is 127. The number of aliphatic imine (C=N–C) groups is 1. The average molecular weight is 521 g/mol. The molecule has 0 saturated heterocycles. The monoisotopic (exact) mass is 520 g/mol. The minimum absolute atomic E-state index is 0. The van der Waals surface area contributed by atoms with Gasteiger partial charge in [-0.05, 0) is 70.9 Å². The van der Waals surface area contributed by atoms with E-state index in [1.54, 1.807) is 7.11 Å². The molecule has 0 amide bonds. The maximum absolute atomic E-state index is 5.58. The number of rotatable bonds is 13. The fourth-order valence-corrected chi connectivity index (χ4v) is 3.04. The normalized spacial score (nSPS) is 12.3. The number of nitrogens with one attached hydrogen (secondary N) is 2. The maximum Gasteiger partial charge on any atom is 0.191 e. The van der Waals surface area contributed by atoms with Gasteiger partial charge in [-0.1, -0.05) is 19.9 Å². The number of nitrogens with zero attached hydrogens (tertiary/aromatic N) is 2. The fraction of sp³-hybridized carbons (Fsp3) is 0.682. The lowest BCUT2D eigenvalue weighted by atomic mass is 10.2. The lowest BCUT2D eigenvalue weighted by Gasteiger charge is -2.21. The quantitative estimate of drug-likeness (QED) is 0.231. The van der Waals surface area contributed by atoms with E-state index in [1.165, 1.54) is 6.42 Å². The van der Waals surface area contributed by atoms with Crippen molar-refractivity contribution in [3.8, 4) is 11.5 Å². The van der Waals surface area contributed by atoms with Crippen LogP contribution in [0.5, 0.6) is 11.5 Å². The van der Waals surface area contributed by atoms with Crippen molar-refractivity contribution in [1.29, 1.82) is 0 Å². The van der Waals surface area contributed by atoms with Gasteiger partial charge in [-0.15, -0.1) is 24.0 Å². The number of methoxy groups -OCH3 is 1. The number of hydrogen-bond donors (Lipinski definition) is 2. The molecule has 0 aromatic heterocycles. The molecule has 7 heteroatoms. The standard InChI is InChI=1S/C22H40N4O2.HI/c1-7-23-22(25-18(5)12-11-15-26(8-2)9-3)24-17-19-13-14-20(28-10-4)21(16-19)27-6;/h13-14,16,18H,7-12,15,17H2,1-6H3,(H2,23,24,25);1H. The summed E-state index contributed by atoms with van der Waals surface area (Å²) in [5.74, 6) is 2.37. The van der Waals surface area contributed by atoms with Crippen molar-refractivity contribution in [2.24, 2.45) is 4.99 Å². The minimum Gasteiger partial charge on any atom is -0.493 e. The van der Waals surface area contributed by atoms with Crippen LogP contribution >= 0.6 is 24.0 Å². The molecule has 1 rings (SSSR count). The Morgan fingerprint density at radius 3 is 2.45 bits per heavy atom. The molecular formula is C22H41IN4O2. The van der Waals surface area contributed by atoms with E-state index < -0.39 is 0 Å². The van der Waals surface area contributed by atoms with Crippen LogP contribution < -0.4 is 20.1 Å². The van der Waals surface area contributed by atoms with Crippen LogP contribution in [-0.2, 0) is 6.54 Å². The van der Waals surface area contributed by atoms with Gasteiger partial charge in [-0.2, -0.15) is 0 Å². The third-order valence-electron chi connectivity index (χ3n) is 4.68. The first-order chi connectivity index (χ1) is 13.6. The van der Waals surface area contributed by atoms with Crippen LogP contribution in [-0.4, -0.2) is 56.8 Å². The SMILES string of the molecule is CCNC(=NCc1ccc(OCC)c(OC)c1)NC(C)CCCN(CC)CC.I. The van der Waals surface area contributed by atoms with Crippen LogP contribution in [0, 0.1) is 0 Å². The van der Waals surface area contributed by atoms with Crippen molar-refractivity contribution < 1.29 is 9.47 Å². The Hall–Kier alpha value is -1.22. The van der Waals surface area contributed by atoms with Gasteiger partial charge in [0.05, 0.1) is 20.3 Å². The van der Waals surface area contributed by atoms with Crippen LogP contribution in [0.2, 0.25) is 0 Å². The molecule has 0 aliphatic heterocycles. The van der Waals surface area contributed by atoms with Gasteiger partial charge < -0.3 is 25.0 Å². The molecule has 29 heavy (non-hydrogen) atoms. The number of halogens is 1. The van der Waals surface area contributed by atoms with E-state index in [4.69, 9.17) is 14.5 Å². The third kappa shape index (κ3) is 10.9. The van der Waals surface area contributed by atoms with Crippen LogP contribution in [0.15, 0.2) is 23.2 Å². The fourth-order valence-electron chi connectivity index (χ4n) is 3.04. The van der Waals surface area contributed by atoms with Crippen molar-refractivity contribution in [1.82, 2.24) is 15.5 Å². The highest BCUT2D eigenvalue weighted by molar-refractivity contribution is 14.0. The molecule has 0 fully saturated rings. The van der Waals surface area contributed by atoms with Gasteiger partial charge in [0.15, 0.2) is 17.5 Å². The van der Waals surface area contributed by atoms with E-state index in [0.29, 0.717) is 19.2 Å². The Kier molecular flexibility index (Phi) is 15.9. The predicted octanol–water partition coefficient (Wildman–Crippen LogP) is 4.28. The van der Waals surface area contributed by atoms with Crippen LogP contribution in [0.1, 0.15) is 53.0 Å². The van der Waals surface area contributed by atoms with Crippen molar-refractivity contribution in [3.05, 3.63) is 23.8 Å². The highest BCUT2D eigenvalue weighted by Crippen LogP contribution is 2.28. The van der Waals surface area contributed by atoms with E-state index >= 15 is 0 Å². The summed E-state index contributed by atoms with van der Waals surface area (Å²) < 4.78 is 11.0. The molecule has 2 N–H and O–H groups in total. The number of guanidine groups is 1. The largest absolute Gasteiger partial charge is 0.493 e. The van der Waals surface area contributed by atoms with Crippen LogP contribution in [0.3, 0.4) is 0 Å². The van der Waals surface area contributed by atoms with E-state index in [0.717, 1.165) is 55.6 Å². The van der Waals surface area contributed by atoms with Crippen molar-refractivity contribution in [2.45, 2.75) is 60.0 Å². The van der Waals surface area contributed by atoms with Crippen LogP contribution in [0.4, 0.5) is 0 Å². The second-order valence-electron chi connectivity index (χ2n) is 6.83. The highest BCUT2D eigenvalue weighted by Gasteiger charge is 2.08. The Morgan fingerprint density at radius 1 is 1.14 bits per heavy atom. The van der Waals surface area contributed by atoms with Gasteiger partial charge in [-0.25, -0.2) is 4.99 Å². The smallest absolute Gasteiger partial charge is 0.191 e. The van der Waals surface area contributed by atoms with Gasteiger partial charge >= 0.3 is 0 Å². The first-order valence-corrected chi connectivity index (χ1v) is 10.6. The summed E-state index contributed by atoms with van der Waals surface area (Å²) >= 11 is 0. The van der Waals surface area contributed by atoms with Gasteiger partial charge in [0, 0.05) is 12.6 Å². The molecule has 168 valence electrons. The second kappa shape index (κ2) is 16.6. The van der Waals surface area contributed by atoms with E-state index in [2.05, 4.69) is 43.2 Å². The Bertz CT molecular complexity index is 580. The average Bonchev–Trinajstić information content (AvgIpc) is 2.70. The summed E-state index contributed by atoms with van der Waals surface area (Å²) in [5, 5.41) is 6.86. The first-order valence-electron chi connectivity index (χ1n) is 10.6. The first kappa shape index (κ1) is 27.8. The Morgan fingerprint density at radius 2 is 1.86 bits per heavy atom. The predicted molar refractivity (Wildman–Crippen MR) is 134 cm³/mol. The molecule has 0 bridgehead atoms. The molecule has 1 unspecified atom stereocenters. The van der Waals surface area contributed by atoms with Crippen LogP contribution in [0.25, 0.3) is 0 Å². The number of ether oxygens (including phenoxy) is 2. The maximum atomic E-state index is 5.58. The minimum atomic E-state index is 0. The zero-order valence-corrected chi connectivity index (χ0v) is 21.4. The molecular weight excluding hydrogens is 479 g/mol. The van der Waals surface area contributed by atoms with E-state index in [1.807, 2.05) is 25.1 Å². The molecule has 1 aromatic rings. The molecule has 0 spiro atoms. The molecule has 0 radical (unpaired) electrons. The third-order valence-corrected chi connectivity index (χ3v) is 4.68. The molecule has 0 heterocycles. The Balaban J connectivity index is 0.00000784. The molecule has 1 atom stereocenters. The molecule has 0 aliphatic carbocycles. The summed E-state index contributed by atoms with van der Waals surface area (Å²) in [5.41, 5.74) is 1.09. The van der Waals surface area contributed by atoms with E-state index in [-0.39, 0.29) is 24.0 Å². The lowest BCUT2D eigenvalue weighted by molar-refractivity contribution is 0.292. The molecule has 6 nitrogen and oxygen atoms in total. The van der Waals surface area contributed by atoms with E-state index in [9.17, 15) is 0 Å². The summed E-state index contributed by atoms with van der Waals surface area (Å²) in [6.07, 6.45) is 2.31. The summed E-state index contributed by atoms with van der Waals surface area (Å²) in [6.45, 7) is 16.1. The second-order valence-corrected chi connectivity index (χ2v) is 6.83. The van der Waals surface area contributed by atoms with Gasteiger partial charge in [0.25, 0.3) is 0 Å². The van der Waals surface area contributed by atoms with Gasteiger partial charge in [0.2, 0.25) is 0 Å². The molecule has 0 saturated carbocycles. The topological polar surface area (TPSA) is 58.1 Å². The Labute approximate surface area is 194 Å². The van der Waals surface area contributed by atoms with Crippen molar-refractivity contribution in [3.63, 3.8) is 0 Å².